The standard InChI is InChI=1S/C6H14O.2C5H12O.2C4H10O3.C4H10O.C4H8O.2C3H8O2.C3H8O.10CH4/c1-4-6(5-2)7-3;2*1-4-5(2)6-3;2*1-7-3-4(6)2-5;2*1-3-4-5-2;1-4-3-5-2;1-5-3-2-4;1-3-4-2;;;;;;;;;;/h6H,4-5H2,1-3H3;2*5H,4H2,1-3H3;2*4-6H,2-3H2,1H3;3-4H2,1-2H3;3H,1,4H2,2H3;3H2,1-2H3;4H,2-3H2,1H3;3H2,1-2H3;10*1H4/t;2*5-;2*4-;;;;;;;;;;;;;;;/m.1010.............../s1. The average Bonchev–Trinajstić information content (AvgIpc) is 3.24. The summed E-state index contributed by atoms with van der Waals surface area (Å²) in [4.78, 5) is 0. The van der Waals surface area contributed by atoms with Crippen molar-refractivity contribution in [3.63, 3.8) is 0 Å². The predicted octanol–water partition coefficient (Wildman–Crippen LogP) is 11.4. The van der Waals surface area contributed by atoms with E-state index in [1.54, 1.807) is 70.1 Å². The van der Waals surface area contributed by atoms with E-state index in [1.807, 2.05) is 6.92 Å². The van der Waals surface area contributed by atoms with Crippen LogP contribution >= 0.6 is 0 Å². The van der Waals surface area contributed by atoms with Crippen molar-refractivity contribution in [3.8, 4) is 0 Å². The largest absolute Gasteiger partial charge is 0.394 e. The molecule has 0 spiro atoms. The molecule has 0 amide bonds. The Balaban J connectivity index is -0.0000000201. The summed E-state index contributed by atoms with van der Waals surface area (Å²) in [6.07, 6.45) is 7.23. The van der Waals surface area contributed by atoms with Crippen molar-refractivity contribution in [2.75, 3.05) is 144 Å². The summed E-state index contributed by atoms with van der Waals surface area (Å²) in [5.74, 6) is 0. The average molecular weight is 1010 g/mol. The highest BCUT2D eigenvalue weighted by atomic mass is 16.6. The van der Waals surface area contributed by atoms with Crippen molar-refractivity contribution < 1.29 is 77.6 Å². The van der Waals surface area contributed by atoms with Crippen molar-refractivity contribution in [1.29, 1.82) is 0 Å². The molecule has 0 aromatic carbocycles. The van der Waals surface area contributed by atoms with Gasteiger partial charge in [-0.05, 0) is 52.9 Å². The second-order valence-electron chi connectivity index (χ2n) is 10.9. The predicted molar refractivity (Wildman–Crippen MR) is 302 cm³/mol. The summed E-state index contributed by atoms with van der Waals surface area (Å²) in [5, 5.41) is 41.2. The number of hydrogen-bond acceptors (Lipinski definition) is 16. The first-order valence-corrected chi connectivity index (χ1v) is 19.5. The van der Waals surface area contributed by atoms with Gasteiger partial charge in [0.25, 0.3) is 0 Å². The molecule has 0 aromatic rings. The lowest BCUT2D eigenvalue weighted by Crippen LogP contribution is -2.17. The van der Waals surface area contributed by atoms with Crippen LogP contribution in [-0.4, -0.2) is 201 Å². The molecule has 0 radical (unpaired) electrons. The maximum atomic E-state index is 8.48. The molecule has 0 saturated carbocycles. The fourth-order valence-corrected chi connectivity index (χ4v) is 1.98. The van der Waals surface area contributed by atoms with Gasteiger partial charge in [-0.2, -0.15) is 0 Å². The van der Waals surface area contributed by atoms with Crippen molar-refractivity contribution in [2.45, 2.75) is 192 Å². The van der Waals surface area contributed by atoms with Crippen molar-refractivity contribution in [3.05, 3.63) is 12.7 Å². The van der Waals surface area contributed by atoms with Crippen LogP contribution in [0.5, 0.6) is 0 Å². The highest BCUT2D eigenvalue weighted by Gasteiger charge is 1.98. The Morgan fingerprint density at radius 1 is 0.433 bits per heavy atom. The fraction of sp³-hybridized carbons (Fsp3) is 0.961. The van der Waals surface area contributed by atoms with Gasteiger partial charge in [-0.3, -0.25) is 0 Å². The number of aliphatic hydroxyl groups excluding tert-OH is 5. The van der Waals surface area contributed by atoms with E-state index in [-0.39, 0.29) is 107 Å². The Morgan fingerprint density at radius 2 is 0.746 bits per heavy atom. The van der Waals surface area contributed by atoms with Gasteiger partial charge in [0.1, 0.15) is 19.0 Å². The van der Waals surface area contributed by atoms with Crippen LogP contribution in [-0.2, 0) is 52.1 Å². The van der Waals surface area contributed by atoms with Crippen LogP contribution in [0.15, 0.2) is 12.7 Å². The molecule has 0 aliphatic rings. The van der Waals surface area contributed by atoms with E-state index in [0.717, 1.165) is 45.3 Å². The quantitative estimate of drug-likeness (QED) is 0.0506. The Bertz CT molecular complexity index is 470. The Labute approximate surface area is 426 Å². The maximum Gasteiger partial charge on any atom is 0.145 e. The third kappa shape index (κ3) is 252. The molecule has 0 aliphatic carbocycles. The van der Waals surface area contributed by atoms with Gasteiger partial charge in [-0.1, -0.05) is 115 Å². The van der Waals surface area contributed by atoms with Crippen LogP contribution in [0.2, 0.25) is 0 Å². The van der Waals surface area contributed by atoms with Crippen LogP contribution in [0, 0.1) is 0 Å². The highest BCUT2D eigenvalue weighted by molar-refractivity contribution is 4.62. The summed E-state index contributed by atoms with van der Waals surface area (Å²) in [7, 11) is 17.9. The lowest BCUT2D eigenvalue weighted by Gasteiger charge is -2.07. The fourth-order valence-electron chi connectivity index (χ4n) is 1.98. The molecule has 0 saturated heterocycles. The van der Waals surface area contributed by atoms with E-state index in [2.05, 4.69) is 88.2 Å². The molecule has 16 nitrogen and oxygen atoms in total. The van der Waals surface area contributed by atoms with E-state index in [4.69, 9.17) is 44.5 Å². The van der Waals surface area contributed by atoms with E-state index < -0.39 is 12.2 Å². The molecule has 5 N–H and O–H groups in total. The minimum absolute atomic E-state index is 0. The van der Waals surface area contributed by atoms with Crippen LogP contribution in [0.3, 0.4) is 0 Å². The van der Waals surface area contributed by atoms with E-state index >= 15 is 0 Å². The monoisotopic (exact) mass is 1010 g/mol. The number of aliphatic hydroxyl groups is 5. The summed E-state index contributed by atoms with van der Waals surface area (Å²) < 4.78 is 51.0. The van der Waals surface area contributed by atoms with E-state index in [0.29, 0.717) is 38.3 Å². The first-order chi connectivity index (χ1) is 27.1. The Kier molecular flexibility index (Phi) is 312. The summed E-state index contributed by atoms with van der Waals surface area (Å²) in [6, 6.07) is 0. The molecule has 0 unspecified atom stereocenters. The van der Waals surface area contributed by atoms with Crippen LogP contribution in [0.25, 0.3) is 0 Å². The molecule has 67 heavy (non-hydrogen) atoms. The molecule has 0 bridgehead atoms. The van der Waals surface area contributed by atoms with Gasteiger partial charge in [-0.15, -0.1) is 6.58 Å². The van der Waals surface area contributed by atoms with E-state index in [9.17, 15) is 0 Å². The lowest BCUT2D eigenvalue weighted by molar-refractivity contribution is -0.00272. The zero-order valence-electron chi connectivity index (χ0n) is 40.5. The SMILES string of the molecule is C.C.C.C.C.C.C.C.C.C.C=CCOC.CCC(CC)OC.CCCOC.CCOC.CC[C@@H](C)OC.CC[C@H](C)OC.COCCO.COCOC.COC[C@@H](O)CO.COC[C@H](O)CO. The Hall–Kier alpha value is -0.900. The summed E-state index contributed by atoms with van der Waals surface area (Å²) >= 11 is 0. The lowest BCUT2D eigenvalue weighted by atomic mass is 10.2. The molecule has 0 aliphatic heterocycles. The molecule has 16 heteroatoms. The second kappa shape index (κ2) is 158. The van der Waals surface area contributed by atoms with Crippen molar-refractivity contribution >= 4 is 0 Å². The highest BCUT2D eigenvalue weighted by Crippen LogP contribution is 1.98. The zero-order chi connectivity index (χ0) is 47.0. The number of rotatable bonds is 22. The molecular weight excluding hydrogens is 869 g/mol. The smallest absolute Gasteiger partial charge is 0.145 e. The maximum absolute atomic E-state index is 8.48. The van der Waals surface area contributed by atoms with Crippen LogP contribution in [0.4, 0.5) is 0 Å². The molecule has 0 aromatic heterocycles. The van der Waals surface area contributed by atoms with Crippen LogP contribution in [0.1, 0.15) is 162 Å². The Morgan fingerprint density at radius 3 is 0.761 bits per heavy atom. The van der Waals surface area contributed by atoms with E-state index in [1.165, 1.54) is 14.2 Å². The van der Waals surface area contributed by atoms with Gasteiger partial charge in [0, 0.05) is 91.4 Å². The summed E-state index contributed by atoms with van der Waals surface area (Å²) in [5.41, 5.74) is 0. The van der Waals surface area contributed by atoms with Crippen LogP contribution < -0.4 is 0 Å². The molecular formula is C51H140O16. The van der Waals surface area contributed by atoms with Gasteiger partial charge >= 0.3 is 0 Å². The second-order valence-corrected chi connectivity index (χ2v) is 10.9. The van der Waals surface area contributed by atoms with Crippen molar-refractivity contribution in [1.82, 2.24) is 0 Å². The third-order valence-corrected chi connectivity index (χ3v) is 5.85. The van der Waals surface area contributed by atoms with Gasteiger partial charge in [0.15, 0.2) is 0 Å². The first kappa shape index (κ1) is 132. The molecule has 4 atom stereocenters. The first-order valence-electron chi connectivity index (χ1n) is 19.5. The molecule has 0 rings (SSSR count). The van der Waals surface area contributed by atoms with Gasteiger partial charge in [-0.25, -0.2) is 0 Å². The molecule has 0 heterocycles. The number of ether oxygens (including phenoxy) is 11. The van der Waals surface area contributed by atoms with Crippen molar-refractivity contribution in [2.24, 2.45) is 0 Å². The third-order valence-electron chi connectivity index (χ3n) is 5.85. The number of hydrogen-bond donors (Lipinski definition) is 5. The molecule has 440 valence electrons. The topological polar surface area (TPSA) is 203 Å². The minimum atomic E-state index is -0.718. The van der Waals surface area contributed by atoms with Gasteiger partial charge in [0.05, 0.1) is 64.6 Å². The minimum Gasteiger partial charge on any atom is -0.394 e. The zero-order valence-corrected chi connectivity index (χ0v) is 40.5. The molecule has 0 fully saturated rings. The van der Waals surface area contributed by atoms with Gasteiger partial charge < -0.3 is 77.6 Å². The van der Waals surface area contributed by atoms with Gasteiger partial charge in [0.2, 0.25) is 0 Å². The normalized spacial score (nSPS) is 9.51. The summed E-state index contributed by atoms with van der Waals surface area (Å²) in [6.45, 7) is 23.3. The number of methoxy groups -OCH3 is 11.